The molecular formula is C24H39N5O2. The van der Waals surface area contributed by atoms with E-state index in [1.165, 1.54) is 24.0 Å². The molecule has 7 heteroatoms. The zero-order chi connectivity index (χ0) is 22.1. The number of nitrogens with two attached hydrogens (primary N) is 1. The predicted octanol–water partition coefficient (Wildman–Crippen LogP) is 2.21. The third-order valence-corrected chi connectivity index (χ3v) is 6.03. The Morgan fingerprint density at radius 3 is 2.87 bits per heavy atom. The average Bonchev–Trinajstić information content (AvgIpc) is 3.59. The molecular weight excluding hydrogens is 390 g/mol. The molecule has 0 bridgehead atoms. The minimum Gasteiger partial charge on any atom is -0.379 e. The molecule has 3 rings (SSSR count). The molecule has 1 amide bonds. The molecule has 1 aromatic rings. The maximum atomic E-state index is 11.5. The fourth-order valence-electron chi connectivity index (χ4n) is 3.99. The highest BCUT2D eigenvalue weighted by Gasteiger charge is 2.24. The Bertz CT molecular complexity index is 734. The standard InChI is InChI=1S/C24H39N5O2/c1-3-26-24(28(2)12-13-31-18-19-9-10-19)27-15-20-6-4-7-21(14-20)16-29-11-5-8-22(17-29)23(25)30/h4,6-7,14,19,22H,3,5,8-13,15-18H2,1-2H3,(H2,25,30)(H,26,27). The number of piperidine rings is 1. The lowest BCUT2D eigenvalue weighted by Gasteiger charge is -2.31. The van der Waals surface area contributed by atoms with Gasteiger partial charge in [-0.25, -0.2) is 4.99 Å². The van der Waals surface area contributed by atoms with Crippen molar-refractivity contribution in [3.8, 4) is 0 Å². The number of nitrogens with zero attached hydrogens (tertiary/aromatic N) is 3. The molecule has 1 saturated carbocycles. The Labute approximate surface area is 187 Å². The van der Waals surface area contributed by atoms with Crippen LogP contribution >= 0.6 is 0 Å². The Kier molecular flexibility index (Phi) is 9.15. The lowest BCUT2D eigenvalue weighted by Crippen LogP contribution is -2.40. The molecule has 0 radical (unpaired) electrons. The van der Waals surface area contributed by atoms with E-state index in [1.807, 2.05) is 0 Å². The van der Waals surface area contributed by atoms with Crippen LogP contribution in [0.3, 0.4) is 0 Å². The van der Waals surface area contributed by atoms with E-state index in [1.54, 1.807) is 0 Å². The molecule has 1 aliphatic heterocycles. The minimum atomic E-state index is -0.175. The second kappa shape index (κ2) is 12.1. The van der Waals surface area contributed by atoms with Gasteiger partial charge >= 0.3 is 0 Å². The fourth-order valence-corrected chi connectivity index (χ4v) is 3.99. The third kappa shape index (κ3) is 8.15. The largest absolute Gasteiger partial charge is 0.379 e. The van der Waals surface area contributed by atoms with Crippen LogP contribution in [0.5, 0.6) is 0 Å². The average molecular weight is 430 g/mol. The summed E-state index contributed by atoms with van der Waals surface area (Å²) in [7, 11) is 2.06. The number of rotatable bonds is 11. The number of nitrogens with one attached hydrogen (secondary N) is 1. The molecule has 31 heavy (non-hydrogen) atoms. The van der Waals surface area contributed by atoms with Gasteiger partial charge in [0.05, 0.1) is 19.1 Å². The number of aliphatic imine (C=N–C) groups is 1. The summed E-state index contributed by atoms with van der Waals surface area (Å²) in [5.41, 5.74) is 7.96. The van der Waals surface area contributed by atoms with E-state index < -0.39 is 0 Å². The fraction of sp³-hybridized carbons (Fsp3) is 0.667. The smallest absolute Gasteiger partial charge is 0.221 e. The number of ether oxygens (including phenoxy) is 1. The zero-order valence-corrected chi connectivity index (χ0v) is 19.2. The van der Waals surface area contributed by atoms with Crippen molar-refractivity contribution in [3.05, 3.63) is 35.4 Å². The van der Waals surface area contributed by atoms with E-state index in [4.69, 9.17) is 15.5 Å². The molecule has 7 nitrogen and oxygen atoms in total. The Balaban J connectivity index is 1.52. The normalized spacial score (nSPS) is 19.9. The van der Waals surface area contributed by atoms with Crippen molar-refractivity contribution in [2.75, 3.05) is 46.4 Å². The number of carbonyl (C=O) groups is 1. The van der Waals surface area contributed by atoms with Gasteiger partial charge in [-0.2, -0.15) is 0 Å². The topological polar surface area (TPSA) is 83.2 Å². The van der Waals surface area contributed by atoms with Crippen LogP contribution < -0.4 is 11.1 Å². The van der Waals surface area contributed by atoms with Gasteiger partial charge in [0.15, 0.2) is 5.96 Å². The molecule has 1 saturated heterocycles. The van der Waals surface area contributed by atoms with Crippen LogP contribution in [0.25, 0.3) is 0 Å². The lowest BCUT2D eigenvalue weighted by atomic mass is 9.97. The number of primary amides is 1. The molecule has 2 fully saturated rings. The molecule has 1 aliphatic carbocycles. The van der Waals surface area contributed by atoms with Gasteiger partial charge in [0.1, 0.15) is 0 Å². The first-order valence-electron chi connectivity index (χ1n) is 11.7. The van der Waals surface area contributed by atoms with Gasteiger partial charge in [-0.05, 0) is 56.2 Å². The summed E-state index contributed by atoms with van der Waals surface area (Å²) >= 11 is 0. The number of likely N-dealkylation sites (tertiary alicyclic amines) is 1. The van der Waals surface area contributed by atoms with Crippen molar-refractivity contribution in [2.45, 2.75) is 45.7 Å². The molecule has 172 valence electrons. The monoisotopic (exact) mass is 429 g/mol. The van der Waals surface area contributed by atoms with Gasteiger partial charge in [0, 0.05) is 39.8 Å². The number of hydrogen-bond acceptors (Lipinski definition) is 4. The van der Waals surface area contributed by atoms with E-state index in [2.05, 4.69) is 53.4 Å². The molecule has 1 aromatic carbocycles. The van der Waals surface area contributed by atoms with Gasteiger partial charge in [-0.1, -0.05) is 24.3 Å². The number of likely N-dealkylation sites (N-methyl/N-ethyl adjacent to an activating group) is 1. The van der Waals surface area contributed by atoms with Gasteiger partial charge in [0.2, 0.25) is 5.91 Å². The number of guanidine groups is 1. The van der Waals surface area contributed by atoms with Crippen LogP contribution in [0.15, 0.2) is 29.3 Å². The van der Waals surface area contributed by atoms with Crippen molar-refractivity contribution in [1.29, 1.82) is 0 Å². The van der Waals surface area contributed by atoms with Gasteiger partial charge < -0.3 is 20.7 Å². The molecule has 1 atom stereocenters. The van der Waals surface area contributed by atoms with Crippen LogP contribution in [0.2, 0.25) is 0 Å². The highest BCUT2D eigenvalue weighted by molar-refractivity contribution is 5.79. The summed E-state index contributed by atoms with van der Waals surface area (Å²) in [6.45, 7) is 8.63. The summed E-state index contributed by atoms with van der Waals surface area (Å²) in [6.07, 6.45) is 4.58. The maximum Gasteiger partial charge on any atom is 0.221 e. The van der Waals surface area contributed by atoms with Crippen molar-refractivity contribution in [1.82, 2.24) is 15.1 Å². The van der Waals surface area contributed by atoms with Crippen LogP contribution in [0.1, 0.15) is 43.7 Å². The number of amides is 1. The summed E-state index contributed by atoms with van der Waals surface area (Å²) in [4.78, 5) is 20.8. The van der Waals surface area contributed by atoms with Crippen LogP contribution in [0.4, 0.5) is 0 Å². The Hall–Kier alpha value is -2.12. The van der Waals surface area contributed by atoms with Gasteiger partial charge in [-0.15, -0.1) is 0 Å². The quantitative estimate of drug-likeness (QED) is 0.320. The second-order valence-corrected chi connectivity index (χ2v) is 8.91. The molecule has 0 spiro atoms. The summed E-state index contributed by atoms with van der Waals surface area (Å²) in [6, 6.07) is 8.59. The third-order valence-electron chi connectivity index (χ3n) is 6.03. The first kappa shape index (κ1) is 23.5. The molecule has 2 aliphatic rings. The Morgan fingerprint density at radius 2 is 2.13 bits per heavy atom. The molecule has 1 heterocycles. The zero-order valence-electron chi connectivity index (χ0n) is 19.2. The van der Waals surface area contributed by atoms with E-state index in [0.717, 1.165) is 70.7 Å². The van der Waals surface area contributed by atoms with Crippen molar-refractivity contribution in [3.63, 3.8) is 0 Å². The Morgan fingerprint density at radius 1 is 1.32 bits per heavy atom. The SMILES string of the molecule is CCNC(=NCc1cccc(CN2CCCC(C(N)=O)C2)c1)N(C)CCOCC1CC1. The van der Waals surface area contributed by atoms with Crippen molar-refractivity contribution >= 4 is 11.9 Å². The lowest BCUT2D eigenvalue weighted by molar-refractivity contribution is -0.123. The van der Waals surface area contributed by atoms with Gasteiger partial charge in [0.25, 0.3) is 0 Å². The van der Waals surface area contributed by atoms with Crippen LogP contribution in [-0.2, 0) is 22.6 Å². The summed E-state index contributed by atoms with van der Waals surface area (Å²) < 4.78 is 5.77. The second-order valence-electron chi connectivity index (χ2n) is 8.91. The van der Waals surface area contributed by atoms with Gasteiger partial charge in [-0.3, -0.25) is 9.69 Å². The van der Waals surface area contributed by atoms with E-state index in [-0.39, 0.29) is 11.8 Å². The highest BCUT2D eigenvalue weighted by atomic mass is 16.5. The van der Waals surface area contributed by atoms with E-state index in [0.29, 0.717) is 6.54 Å². The number of benzene rings is 1. The van der Waals surface area contributed by atoms with E-state index >= 15 is 0 Å². The molecule has 0 aromatic heterocycles. The number of hydrogen-bond donors (Lipinski definition) is 2. The first-order valence-corrected chi connectivity index (χ1v) is 11.7. The van der Waals surface area contributed by atoms with Crippen LogP contribution in [0, 0.1) is 11.8 Å². The van der Waals surface area contributed by atoms with E-state index in [9.17, 15) is 4.79 Å². The molecule has 3 N–H and O–H groups in total. The summed E-state index contributed by atoms with van der Waals surface area (Å²) in [5.74, 6) is 1.51. The van der Waals surface area contributed by atoms with Crippen LogP contribution in [-0.4, -0.2) is 68.1 Å². The first-order chi connectivity index (χ1) is 15.0. The summed E-state index contributed by atoms with van der Waals surface area (Å²) in [5, 5.41) is 3.38. The number of carbonyl (C=O) groups excluding carboxylic acids is 1. The highest BCUT2D eigenvalue weighted by Crippen LogP contribution is 2.28. The maximum absolute atomic E-state index is 11.5. The molecule has 1 unspecified atom stereocenters. The van der Waals surface area contributed by atoms with Crippen molar-refractivity contribution < 1.29 is 9.53 Å². The van der Waals surface area contributed by atoms with Crippen molar-refractivity contribution in [2.24, 2.45) is 22.6 Å². The predicted molar refractivity (Wildman–Crippen MR) is 125 cm³/mol. The minimum absolute atomic E-state index is 0.0204.